The second kappa shape index (κ2) is 4.16. The molecule has 82 valence electrons. The van der Waals surface area contributed by atoms with Crippen LogP contribution < -0.4 is 5.32 Å². The van der Waals surface area contributed by atoms with Gasteiger partial charge in [0.1, 0.15) is 0 Å². The highest BCUT2D eigenvalue weighted by Crippen LogP contribution is 2.31. The molecule has 1 aromatic rings. The first kappa shape index (κ1) is 11.3. The van der Waals surface area contributed by atoms with Gasteiger partial charge in [-0.15, -0.1) is 0 Å². The van der Waals surface area contributed by atoms with Crippen LogP contribution in [-0.4, -0.2) is 22.4 Å². The molecule has 0 aliphatic rings. The molecular weight excluding hydrogens is 213 g/mol. The molecule has 15 heavy (non-hydrogen) atoms. The van der Waals surface area contributed by atoms with Crippen LogP contribution in [0.3, 0.4) is 0 Å². The van der Waals surface area contributed by atoms with Gasteiger partial charge in [-0.2, -0.15) is 13.2 Å². The number of aromatic nitrogens is 1. The van der Waals surface area contributed by atoms with Crippen molar-refractivity contribution in [3.05, 3.63) is 30.1 Å². The summed E-state index contributed by atoms with van der Waals surface area (Å²) < 4.78 is 37.2. The normalized spacial score (nSPS) is 13.3. The molecule has 1 rings (SSSR count). The van der Waals surface area contributed by atoms with Crippen LogP contribution in [0.4, 0.5) is 18.0 Å². The van der Waals surface area contributed by atoms with Gasteiger partial charge >= 0.3 is 12.3 Å². The predicted molar refractivity (Wildman–Crippen MR) is 44.2 cm³/mol. The van der Waals surface area contributed by atoms with Gasteiger partial charge in [0.25, 0.3) is 0 Å². The van der Waals surface area contributed by atoms with Crippen molar-refractivity contribution >= 4 is 6.09 Å². The summed E-state index contributed by atoms with van der Waals surface area (Å²) in [6, 6.07) is 1.60. The number of pyridine rings is 1. The van der Waals surface area contributed by atoms with Crippen LogP contribution in [-0.2, 0) is 0 Å². The van der Waals surface area contributed by atoms with Crippen molar-refractivity contribution in [3.63, 3.8) is 0 Å². The number of rotatable bonds is 2. The lowest BCUT2D eigenvalue weighted by Gasteiger charge is -2.19. The Morgan fingerprint density at radius 1 is 1.47 bits per heavy atom. The molecular formula is C8H7F3N2O2. The van der Waals surface area contributed by atoms with E-state index in [1.54, 1.807) is 0 Å². The predicted octanol–water partition coefficient (Wildman–Crippen LogP) is 1.95. The third-order valence-electron chi connectivity index (χ3n) is 1.58. The smallest absolute Gasteiger partial charge is 0.414 e. The number of halogens is 3. The molecule has 0 radical (unpaired) electrons. The Morgan fingerprint density at radius 3 is 2.53 bits per heavy atom. The van der Waals surface area contributed by atoms with E-state index in [4.69, 9.17) is 5.11 Å². The summed E-state index contributed by atoms with van der Waals surface area (Å²) in [7, 11) is 0. The van der Waals surface area contributed by atoms with Crippen LogP contribution in [0.25, 0.3) is 0 Å². The lowest BCUT2D eigenvalue weighted by Crippen LogP contribution is -2.37. The van der Waals surface area contributed by atoms with E-state index in [0.717, 1.165) is 12.3 Å². The van der Waals surface area contributed by atoms with E-state index in [2.05, 4.69) is 4.98 Å². The molecule has 0 fully saturated rings. The van der Waals surface area contributed by atoms with Crippen LogP contribution in [0.2, 0.25) is 0 Å². The molecule has 1 heterocycles. The number of amides is 1. The molecule has 2 N–H and O–H groups in total. The van der Waals surface area contributed by atoms with Gasteiger partial charge in [-0.1, -0.05) is 6.07 Å². The molecule has 0 aliphatic carbocycles. The molecule has 0 saturated heterocycles. The summed E-state index contributed by atoms with van der Waals surface area (Å²) in [6.07, 6.45) is -5.28. The zero-order chi connectivity index (χ0) is 11.5. The molecule has 0 aromatic carbocycles. The lowest BCUT2D eigenvalue weighted by molar-refractivity contribution is -0.156. The minimum absolute atomic E-state index is 0.382. The fraction of sp³-hybridized carbons (Fsp3) is 0.250. The van der Waals surface area contributed by atoms with Gasteiger partial charge in [0, 0.05) is 6.20 Å². The van der Waals surface area contributed by atoms with Crippen molar-refractivity contribution < 1.29 is 23.1 Å². The van der Waals surface area contributed by atoms with Gasteiger partial charge in [0.2, 0.25) is 0 Å². The molecule has 1 amide bonds. The average Bonchev–Trinajstić information content (AvgIpc) is 2.14. The van der Waals surface area contributed by atoms with Crippen LogP contribution >= 0.6 is 0 Å². The minimum Gasteiger partial charge on any atom is -0.465 e. The first-order chi connectivity index (χ1) is 6.91. The summed E-state index contributed by atoms with van der Waals surface area (Å²) in [5.41, 5.74) is -0.382. The topological polar surface area (TPSA) is 62.2 Å². The second-order valence-electron chi connectivity index (χ2n) is 2.68. The first-order valence-electron chi connectivity index (χ1n) is 3.88. The lowest BCUT2D eigenvalue weighted by atomic mass is 10.2. The Hall–Kier alpha value is -1.79. The van der Waals surface area contributed by atoms with Gasteiger partial charge in [-0.3, -0.25) is 4.98 Å². The minimum atomic E-state index is -4.70. The van der Waals surface area contributed by atoms with E-state index in [-0.39, 0.29) is 5.69 Å². The van der Waals surface area contributed by atoms with E-state index in [9.17, 15) is 18.0 Å². The van der Waals surface area contributed by atoms with Gasteiger partial charge in [0.15, 0.2) is 6.04 Å². The summed E-state index contributed by atoms with van der Waals surface area (Å²) >= 11 is 0. The number of nitrogens with zero attached hydrogens (tertiary/aromatic N) is 1. The van der Waals surface area contributed by atoms with Crippen LogP contribution in [0.5, 0.6) is 0 Å². The van der Waals surface area contributed by atoms with Crippen LogP contribution in [0, 0.1) is 0 Å². The van der Waals surface area contributed by atoms with Crippen LogP contribution in [0.1, 0.15) is 11.7 Å². The number of hydrogen-bond acceptors (Lipinski definition) is 2. The number of alkyl halides is 3. The highest BCUT2D eigenvalue weighted by molar-refractivity contribution is 5.65. The molecule has 1 atom stereocenters. The van der Waals surface area contributed by atoms with Gasteiger partial charge < -0.3 is 10.4 Å². The zero-order valence-corrected chi connectivity index (χ0v) is 7.32. The summed E-state index contributed by atoms with van der Waals surface area (Å²) in [5.74, 6) is 0. The van der Waals surface area contributed by atoms with Crippen molar-refractivity contribution in [1.29, 1.82) is 0 Å². The van der Waals surface area contributed by atoms with Gasteiger partial charge in [0.05, 0.1) is 5.69 Å². The standard InChI is InChI=1S/C8H7F3N2O2/c9-8(10,11)6(13-7(14)15)5-3-1-2-4-12-5/h1-4,6,13H,(H,14,15)/t6-/m1/s1. The molecule has 0 bridgehead atoms. The van der Waals surface area contributed by atoms with Crippen molar-refractivity contribution in [2.75, 3.05) is 0 Å². The van der Waals surface area contributed by atoms with Crippen molar-refractivity contribution in [2.24, 2.45) is 0 Å². The summed E-state index contributed by atoms with van der Waals surface area (Å²) in [5, 5.41) is 9.63. The van der Waals surface area contributed by atoms with E-state index >= 15 is 0 Å². The molecule has 1 aromatic heterocycles. The van der Waals surface area contributed by atoms with Crippen molar-refractivity contribution in [3.8, 4) is 0 Å². The Labute approximate surface area is 82.7 Å². The van der Waals surface area contributed by atoms with Crippen molar-refractivity contribution in [2.45, 2.75) is 12.2 Å². The fourth-order valence-electron chi connectivity index (χ4n) is 0.994. The highest BCUT2D eigenvalue weighted by Gasteiger charge is 2.42. The number of carbonyl (C=O) groups is 1. The zero-order valence-electron chi connectivity index (χ0n) is 7.32. The maximum absolute atomic E-state index is 12.4. The number of nitrogens with one attached hydrogen (secondary N) is 1. The number of carboxylic acid groups (broad SMARTS) is 1. The monoisotopic (exact) mass is 220 g/mol. The van der Waals surface area contributed by atoms with E-state index in [1.165, 1.54) is 17.4 Å². The van der Waals surface area contributed by atoms with E-state index in [1.807, 2.05) is 0 Å². The van der Waals surface area contributed by atoms with Gasteiger partial charge in [-0.25, -0.2) is 4.79 Å². The first-order valence-corrected chi connectivity index (χ1v) is 3.88. The summed E-state index contributed by atoms with van der Waals surface area (Å²) in [6.45, 7) is 0. The average molecular weight is 220 g/mol. The van der Waals surface area contributed by atoms with E-state index < -0.39 is 18.3 Å². The highest BCUT2D eigenvalue weighted by atomic mass is 19.4. The largest absolute Gasteiger partial charge is 0.465 e. The summed E-state index contributed by atoms with van der Waals surface area (Å²) in [4.78, 5) is 13.6. The van der Waals surface area contributed by atoms with E-state index in [0.29, 0.717) is 0 Å². The molecule has 0 unspecified atom stereocenters. The number of hydrogen-bond donors (Lipinski definition) is 2. The maximum Gasteiger partial charge on any atom is 0.414 e. The Balaban J connectivity index is 2.97. The molecule has 0 aliphatic heterocycles. The third-order valence-corrected chi connectivity index (χ3v) is 1.58. The maximum atomic E-state index is 12.4. The molecule has 4 nitrogen and oxygen atoms in total. The fourth-order valence-corrected chi connectivity index (χ4v) is 0.994. The van der Waals surface area contributed by atoms with Crippen LogP contribution in [0.15, 0.2) is 24.4 Å². The third kappa shape index (κ3) is 3.12. The Bertz CT molecular complexity index is 339. The molecule has 7 heteroatoms. The molecule has 0 spiro atoms. The van der Waals surface area contributed by atoms with Crippen molar-refractivity contribution in [1.82, 2.24) is 10.3 Å². The van der Waals surface area contributed by atoms with Gasteiger partial charge in [-0.05, 0) is 12.1 Å². The quantitative estimate of drug-likeness (QED) is 0.800. The SMILES string of the molecule is O=C(O)N[C@H](c1ccccn1)C(F)(F)F. The second-order valence-corrected chi connectivity index (χ2v) is 2.68. The Kier molecular flexibility index (Phi) is 3.13. The molecule has 0 saturated carbocycles. The Morgan fingerprint density at radius 2 is 2.13 bits per heavy atom.